The topological polar surface area (TPSA) is 64.3 Å². The molecule has 0 aliphatic rings. The summed E-state index contributed by atoms with van der Waals surface area (Å²) >= 11 is 0. The van der Waals surface area contributed by atoms with Crippen molar-refractivity contribution >= 4 is 5.97 Å². The first-order valence-electron chi connectivity index (χ1n) is 6.07. The summed E-state index contributed by atoms with van der Waals surface area (Å²) in [6.07, 6.45) is 1.88. The lowest BCUT2D eigenvalue weighted by Gasteiger charge is -2.07. The fourth-order valence-electron chi connectivity index (χ4n) is 1.66. The van der Waals surface area contributed by atoms with Crippen LogP contribution in [-0.2, 0) is 6.61 Å². The summed E-state index contributed by atoms with van der Waals surface area (Å²) in [6.45, 7) is 4.33. The number of rotatable bonds is 5. The Labute approximate surface area is 111 Å². The molecule has 1 aromatic carbocycles. The number of carboxylic acids is 1. The fourth-order valence-corrected chi connectivity index (χ4v) is 1.66. The Bertz CT molecular complexity index is 576. The maximum absolute atomic E-state index is 11.0. The average Bonchev–Trinajstić information content (AvgIpc) is 2.85. The number of aromatic nitrogens is 2. The number of aromatic carboxylic acids is 1. The zero-order valence-electron chi connectivity index (χ0n) is 10.9. The van der Waals surface area contributed by atoms with Crippen molar-refractivity contribution in [1.29, 1.82) is 0 Å². The summed E-state index contributed by atoms with van der Waals surface area (Å²) in [4.78, 5) is 11.0. The largest absolute Gasteiger partial charge is 0.486 e. The lowest BCUT2D eigenvalue weighted by atomic mass is 10.2. The molecule has 5 heteroatoms. The molecule has 1 heterocycles. The molecule has 0 aliphatic carbocycles. The van der Waals surface area contributed by atoms with Crippen molar-refractivity contribution < 1.29 is 14.6 Å². The van der Waals surface area contributed by atoms with Crippen molar-refractivity contribution in [3.05, 3.63) is 47.8 Å². The Kier molecular flexibility index (Phi) is 3.85. The second kappa shape index (κ2) is 5.56. The number of hydrogen-bond acceptors (Lipinski definition) is 3. The second-order valence-electron chi connectivity index (χ2n) is 4.47. The van der Waals surface area contributed by atoms with E-state index in [4.69, 9.17) is 9.84 Å². The predicted octanol–water partition coefficient (Wildman–Crippen LogP) is 2.74. The van der Waals surface area contributed by atoms with Crippen LogP contribution in [0.3, 0.4) is 0 Å². The number of benzene rings is 1. The van der Waals surface area contributed by atoms with Gasteiger partial charge in [0.1, 0.15) is 17.9 Å². The van der Waals surface area contributed by atoms with Crippen molar-refractivity contribution in [2.75, 3.05) is 0 Å². The third kappa shape index (κ3) is 3.13. The minimum absolute atomic E-state index is 0.158. The molecule has 0 spiro atoms. The van der Waals surface area contributed by atoms with E-state index in [9.17, 15) is 4.79 Å². The maximum atomic E-state index is 11.0. The van der Waals surface area contributed by atoms with Crippen molar-refractivity contribution in [2.24, 2.45) is 0 Å². The van der Waals surface area contributed by atoms with Crippen LogP contribution in [0.15, 0.2) is 36.5 Å². The van der Waals surface area contributed by atoms with Crippen molar-refractivity contribution in [2.45, 2.75) is 26.5 Å². The number of carbonyl (C=O) groups is 1. The van der Waals surface area contributed by atoms with Gasteiger partial charge in [0.25, 0.3) is 0 Å². The molecule has 0 saturated heterocycles. The molecule has 2 aromatic rings. The summed E-state index contributed by atoms with van der Waals surface area (Å²) in [6, 6.07) is 8.73. The van der Waals surface area contributed by atoms with E-state index in [1.54, 1.807) is 18.2 Å². The molecule has 2 rings (SSSR count). The number of nitrogens with zero attached hydrogens (tertiary/aromatic N) is 2. The Morgan fingerprint density at radius 3 is 2.74 bits per heavy atom. The lowest BCUT2D eigenvalue weighted by Crippen LogP contribution is -2.05. The van der Waals surface area contributed by atoms with E-state index >= 15 is 0 Å². The van der Waals surface area contributed by atoms with Crippen LogP contribution in [0.4, 0.5) is 0 Å². The van der Waals surface area contributed by atoms with E-state index in [-0.39, 0.29) is 12.2 Å². The Morgan fingerprint density at radius 2 is 2.11 bits per heavy atom. The molecule has 0 aliphatic heterocycles. The highest BCUT2D eigenvalue weighted by Gasteiger charge is 2.10. The standard InChI is InChI=1S/C14H16N2O3/c1-10(2)16-8-7-11(15-16)9-19-13-6-4-3-5-12(13)14(17)18/h3-8,10H,9H2,1-2H3,(H,17,18). The van der Waals surface area contributed by atoms with Crippen LogP contribution in [0.1, 0.15) is 35.9 Å². The van der Waals surface area contributed by atoms with E-state index < -0.39 is 5.97 Å². The highest BCUT2D eigenvalue weighted by molar-refractivity contribution is 5.90. The van der Waals surface area contributed by atoms with Crippen molar-refractivity contribution in [1.82, 2.24) is 9.78 Å². The molecule has 0 unspecified atom stereocenters. The van der Waals surface area contributed by atoms with Crippen LogP contribution >= 0.6 is 0 Å². The quantitative estimate of drug-likeness (QED) is 0.897. The van der Waals surface area contributed by atoms with Crippen LogP contribution < -0.4 is 4.74 Å². The molecule has 19 heavy (non-hydrogen) atoms. The Morgan fingerprint density at radius 1 is 1.37 bits per heavy atom. The molecule has 1 N–H and O–H groups in total. The SMILES string of the molecule is CC(C)n1ccc(COc2ccccc2C(=O)O)n1. The van der Waals surface area contributed by atoms with E-state index in [1.165, 1.54) is 6.07 Å². The van der Waals surface area contributed by atoms with Crippen LogP contribution in [0.25, 0.3) is 0 Å². The van der Waals surface area contributed by atoms with Crippen molar-refractivity contribution in [3.8, 4) is 5.75 Å². The van der Waals surface area contributed by atoms with Crippen LogP contribution in [0, 0.1) is 0 Å². The predicted molar refractivity (Wildman–Crippen MR) is 70.3 cm³/mol. The maximum Gasteiger partial charge on any atom is 0.339 e. The molecule has 5 nitrogen and oxygen atoms in total. The van der Waals surface area contributed by atoms with Gasteiger partial charge in [0.2, 0.25) is 0 Å². The van der Waals surface area contributed by atoms with E-state index in [0.717, 1.165) is 5.69 Å². The van der Waals surface area contributed by atoms with Gasteiger partial charge in [-0.2, -0.15) is 5.10 Å². The van der Waals surface area contributed by atoms with Gasteiger partial charge in [-0.25, -0.2) is 4.79 Å². The average molecular weight is 260 g/mol. The van der Waals surface area contributed by atoms with E-state index in [1.807, 2.05) is 30.8 Å². The number of ether oxygens (including phenoxy) is 1. The number of carboxylic acid groups (broad SMARTS) is 1. The van der Waals surface area contributed by atoms with Gasteiger partial charge in [-0.1, -0.05) is 12.1 Å². The smallest absolute Gasteiger partial charge is 0.339 e. The van der Waals surface area contributed by atoms with Gasteiger partial charge in [0, 0.05) is 12.2 Å². The third-order valence-electron chi connectivity index (χ3n) is 2.69. The number of para-hydroxylation sites is 1. The second-order valence-corrected chi connectivity index (χ2v) is 4.47. The first-order valence-corrected chi connectivity index (χ1v) is 6.07. The number of hydrogen-bond donors (Lipinski definition) is 1. The third-order valence-corrected chi connectivity index (χ3v) is 2.69. The van der Waals surface area contributed by atoms with Gasteiger partial charge in [0.15, 0.2) is 0 Å². The van der Waals surface area contributed by atoms with Gasteiger partial charge in [-0.15, -0.1) is 0 Å². The Hall–Kier alpha value is -2.30. The van der Waals surface area contributed by atoms with Crippen LogP contribution in [-0.4, -0.2) is 20.9 Å². The van der Waals surface area contributed by atoms with Gasteiger partial charge < -0.3 is 9.84 Å². The molecular weight excluding hydrogens is 244 g/mol. The fraction of sp³-hybridized carbons (Fsp3) is 0.286. The first-order chi connectivity index (χ1) is 9.08. The normalized spacial score (nSPS) is 10.7. The molecule has 1 aromatic heterocycles. The molecule has 0 fully saturated rings. The molecule has 0 bridgehead atoms. The molecule has 0 atom stereocenters. The van der Waals surface area contributed by atoms with Gasteiger partial charge in [-0.3, -0.25) is 4.68 Å². The molecule has 0 radical (unpaired) electrons. The Balaban J connectivity index is 2.08. The van der Waals surface area contributed by atoms with E-state index in [2.05, 4.69) is 5.10 Å². The zero-order chi connectivity index (χ0) is 13.8. The summed E-state index contributed by atoms with van der Waals surface area (Å²) in [7, 11) is 0. The molecule has 100 valence electrons. The molecule has 0 saturated carbocycles. The summed E-state index contributed by atoms with van der Waals surface area (Å²) in [5, 5.41) is 13.4. The van der Waals surface area contributed by atoms with Crippen LogP contribution in [0.5, 0.6) is 5.75 Å². The van der Waals surface area contributed by atoms with E-state index in [0.29, 0.717) is 11.8 Å². The lowest BCUT2D eigenvalue weighted by molar-refractivity contribution is 0.0691. The highest BCUT2D eigenvalue weighted by Crippen LogP contribution is 2.19. The summed E-state index contributed by atoms with van der Waals surface area (Å²) in [5.74, 6) is -0.641. The monoisotopic (exact) mass is 260 g/mol. The highest BCUT2D eigenvalue weighted by atomic mass is 16.5. The molecule has 0 amide bonds. The van der Waals surface area contributed by atoms with Gasteiger partial charge in [-0.05, 0) is 32.0 Å². The minimum atomic E-state index is -0.997. The van der Waals surface area contributed by atoms with Gasteiger partial charge >= 0.3 is 5.97 Å². The van der Waals surface area contributed by atoms with Gasteiger partial charge in [0.05, 0.1) is 5.69 Å². The van der Waals surface area contributed by atoms with Crippen molar-refractivity contribution in [3.63, 3.8) is 0 Å². The summed E-state index contributed by atoms with van der Waals surface area (Å²) in [5.41, 5.74) is 0.930. The van der Waals surface area contributed by atoms with Crippen LogP contribution in [0.2, 0.25) is 0 Å². The first kappa shape index (κ1) is 13.1. The minimum Gasteiger partial charge on any atom is -0.486 e. The summed E-state index contributed by atoms with van der Waals surface area (Å²) < 4.78 is 7.36. The molecular formula is C14H16N2O3. The zero-order valence-corrected chi connectivity index (χ0v) is 10.9.